The molecular formula is C21H35Br2NO8. The molecule has 0 aromatic heterocycles. The first-order chi connectivity index (χ1) is 14.3. The molecule has 11 heteroatoms. The maximum Gasteiger partial charge on any atom is 0.407 e. The maximum absolute atomic E-state index is 12.7. The molecule has 0 rings (SSSR count). The monoisotopic (exact) mass is 587 g/mol. The van der Waals surface area contributed by atoms with E-state index in [4.69, 9.17) is 18.9 Å². The molecule has 0 fully saturated rings. The summed E-state index contributed by atoms with van der Waals surface area (Å²) in [6.07, 6.45) is -0.231. The molecule has 0 saturated carbocycles. The highest BCUT2D eigenvalue weighted by Gasteiger charge is 2.41. The Morgan fingerprint density at radius 1 is 0.719 bits per heavy atom. The summed E-state index contributed by atoms with van der Waals surface area (Å²) >= 11 is 6.40. The van der Waals surface area contributed by atoms with Gasteiger partial charge in [-0.3, -0.25) is 14.4 Å². The van der Waals surface area contributed by atoms with Gasteiger partial charge in [-0.25, -0.2) is 4.79 Å². The summed E-state index contributed by atoms with van der Waals surface area (Å²) in [5.74, 6) is -1.86. The van der Waals surface area contributed by atoms with Gasteiger partial charge in [0.05, 0.1) is 6.61 Å². The standard InChI is InChI=1S/C21H35Br2NO8/c1-18(2,3)32-17(28)24-10-9-11-29-16(27)21(8,12-30-14(25)19(4,5)22)13-31-15(26)20(6,7)23/h9-13H2,1-8H3,(H,24,28). The van der Waals surface area contributed by atoms with E-state index in [1.807, 2.05) is 0 Å². The molecule has 0 aliphatic carbocycles. The molecule has 186 valence electrons. The zero-order valence-electron chi connectivity index (χ0n) is 20.1. The number of rotatable bonds is 11. The lowest BCUT2D eigenvalue weighted by atomic mass is 9.93. The minimum Gasteiger partial charge on any atom is -0.465 e. The highest BCUT2D eigenvalue weighted by atomic mass is 79.9. The Kier molecular flexibility index (Phi) is 11.7. The van der Waals surface area contributed by atoms with Crippen LogP contribution in [0.4, 0.5) is 4.79 Å². The van der Waals surface area contributed by atoms with Crippen molar-refractivity contribution in [3.63, 3.8) is 0 Å². The van der Waals surface area contributed by atoms with Gasteiger partial charge in [0, 0.05) is 6.54 Å². The molecule has 0 spiro atoms. The van der Waals surface area contributed by atoms with Crippen molar-refractivity contribution in [3.05, 3.63) is 0 Å². The Morgan fingerprint density at radius 3 is 1.53 bits per heavy atom. The first-order valence-corrected chi connectivity index (χ1v) is 11.7. The summed E-state index contributed by atoms with van der Waals surface area (Å²) in [4.78, 5) is 48.6. The molecule has 0 saturated heterocycles. The molecular weight excluding hydrogens is 554 g/mol. The van der Waals surface area contributed by atoms with Gasteiger partial charge in [0.15, 0.2) is 0 Å². The first-order valence-electron chi connectivity index (χ1n) is 10.1. The lowest BCUT2D eigenvalue weighted by molar-refractivity contribution is -0.171. The van der Waals surface area contributed by atoms with Gasteiger partial charge >= 0.3 is 24.0 Å². The summed E-state index contributed by atoms with van der Waals surface area (Å²) in [7, 11) is 0. The van der Waals surface area contributed by atoms with Crippen LogP contribution in [0.3, 0.4) is 0 Å². The largest absolute Gasteiger partial charge is 0.465 e. The molecule has 0 aliphatic rings. The van der Waals surface area contributed by atoms with Gasteiger partial charge in [0.25, 0.3) is 0 Å². The van der Waals surface area contributed by atoms with Crippen LogP contribution in [0.5, 0.6) is 0 Å². The second kappa shape index (κ2) is 12.2. The maximum atomic E-state index is 12.7. The number of ether oxygens (including phenoxy) is 4. The van der Waals surface area contributed by atoms with Crippen molar-refractivity contribution in [2.24, 2.45) is 5.41 Å². The van der Waals surface area contributed by atoms with E-state index < -0.39 is 43.7 Å². The molecule has 0 aliphatic heterocycles. The van der Waals surface area contributed by atoms with Crippen LogP contribution < -0.4 is 5.32 Å². The van der Waals surface area contributed by atoms with Crippen molar-refractivity contribution in [1.82, 2.24) is 5.32 Å². The smallest absolute Gasteiger partial charge is 0.407 e. The zero-order chi connectivity index (χ0) is 25.4. The topological polar surface area (TPSA) is 117 Å². The Hall–Kier alpha value is -1.36. The molecule has 0 bridgehead atoms. The number of hydrogen-bond acceptors (Lipinski definition) is 8. The Bertz CT molecular complexity index is 645. The van der Waals surface area contributed by atoms with Gasteiger partial charge in [-0.2, -0.15) is 0 Å². The van der Waals surface area contributed by atoms with Crippen molar-refractivity contribution >= 4 is 55.9 Å². The first kappa shape index (κ1) is 30.6. The van der Waals surface area contributed by atoms with Crippen molar-refractivity contribution in [2.75, 3.05) is 26.4 Å². The van der Waals surface area contributed by atoms with E-state index >= 15 is 0 Å². The highest BCUT2D eigenvalue weighted by Crippen LogP contribution is 2.26. The summed E-state index contributed by atoms with van der Waals surface area (Å²) in [5.41, 5.74) is -2.03. The summed E-state index contributed by atoms with van der Waals surface area (Å²) in [5, 5.41) is 2.56. The zero-order valence-corrected chi connectivity index (χ0v) is 23.2. The van der Waals surface area contributed by atoms with Crippen molar-refractivity contribution < 1.29 is 38.1 Å². The highest BCUT2D eigenvalue weighted by molar-refractivity contribution is 9.10. The van der Waals surface area contributed by atoms with Gasteiger partial charge in [0.2, 0.25) is 0 Å². The molecule has 0 aromatic carbocycles. The average molecular weight is 589 g/mol. The number of nitrogens with one attached hydrogen (secondary N) is 1. The molecule has 0 aromatic rings. The van der Waals surface area contributed by atoms with Crippen LogP contribution in [0.1, 0.15) is 61.8 Å². The SMILES string of the molecule is CC(C)(C)OC(=O)NCCCOC(=O)C(C)(COC(=O)C(C)(C)Br)COC(=O)C(C)(C)Br. The lowest BCUT2D eigenvalue weighted by Gasteiger charge is -2.28. The third kappa shape index (κ3) is 12.6. The van der Waals surface area contributed by atoms with Gasteiger partial charge in [-0.1, -0.05) is 31.9 Å². The van der Waals surface area contributed by atoms with Crippen LogP contribution in [0, 0.1) is 5.41 Å². The van der Waals surface area contributed by atoms with Gasteiger partial charge < -0.3 is 24.3 Å². The van der Waals surface area contributed by atoms with E-state index in [1.54, 1.807) is 48.5 Å². The van der Waals surface area contributed by atoms with E-state index in [2.05, 4.69) is 37.2 Å². The lowest BCUT2D eigenvalue weighted by Crippen LogP contribution is -2.43. The molecule has 0 unspecified atom stereocenters. The van der Waals surface area contributed by atoms with Crippen molar-refractivity contribution in [3.8, 4) is 0 Å². The fourth-order valence-electron chi connectivity index (χ4n) is 1.87. The summed E-state index contributed by atoms with van der Waals surface area (Å²) < 4.78 is 19.0. The van der Waals surface area contributed by atoms with Crippen molar-refractivity contribution in [1.29, 1.82) is 0 Å². The molecule has 9 nitrogen and oxygen atoms in total. The second-order valence-electron chi connectivity index (χ2n) is 9.58. The van der Waals surface area contributed by atoms with Crippen molar-refractivity contribution in [2.45, 2.75) is 76.1 Å². The number of halogens is 2. The second-order valence-corrected chi connectivity index (χ2v) is 13.5. The minimum atomic E-state index is -1.42. The average Bonchev–Trinajstić information content (AvgIpc) is 2.60. The predicted octanol–water partition coefficient (Wildman–Crippen LogP) is 3.88. The Labute approximate surface area is 206 Å². The van der Waals surface area contributed by atoms with Gasteiger partial charge in [0.1, 0.15) is 32.9 Å². The molecule has 1 amide bonds. The van der Waals surface area contributed by atoms with Gasteiger partial charge in [-0.05, 0) is 61.8 Å². The number of carbonyl (C=O) groups excluding carboxylic acids is 4. The van der Waals surface area contributed by atoms with Crippen LogP contribution in [0.2, 0.25) is 0 Å². The number of alkyl halides is 2. The number of carbonyl (C=O) groups is 4. The van der Waals surface area contributed by atoms with Crippen LogP contribution in [-0.2, 0) is 33.3 Å². The number of alkyl carbamates (subject to hydrolysis) is 1. The fraction of sp³-hybridized carbons (Fsp3) is 0.810. The van der Waals surface area contributed by atoms with E-state index in [0.29, 0.717) is 6.42 Å². The molecule has 1 N–H and O–H groups in total. The van der Waals surface area contributed by atoms with E-state index in [-0.39, 0.29) is 26.4 Å². The Morgan fingerprint density at radius 2 is 1.16 bits per heavy atom. The minimum absolute atomic E-state index is 0.0000109. The molecule has 0 atom stereocenters. The molecule has 0 heterocycles. The number of amides is 1. The Balaban J connectivity index is 4.90. The fourth-order valence-corrected chi connectivity index (χ4v) is 2.10. The van der Waals surface area contributed by atoms with Crippen LogP contribution in [-0.4, -0.2) is 64.6 Å². The summed E-state index contributed by atoms with van der Waals surface area (Å²) in [6, 6.07) is 0. The number of hydrogen-bond donors (Lipinski definition) is 1. The normalized spacial score (nSPS) is 12.6. The van der Waals surface area contributed by atoms with Crippen LogP contribution >= 0.6 is 31.9 Å². The molecule has 32 heavy (non-hydrogen) atoms. The van der Waals surface area contributed by atoms with E-state index in [9.17, 15) is 19.2 Å². The predicted molar refractivity (Wildman–Crippen MR) is 126 cm³/mol. The number of esters is 3. The molecule has 0 radical (unpaired) electrons. The van der Waals surface area contributed by atoms with E-state index in [0.717, 1.165) is 0 Å². The van der Waals surface area contributed by atoms with Gasteiger partial charge in [-0.15, -0.1) is 0 Å². The van der Waals surface area contributed by atoms with Crippen LogP contribution in [0.25, 0.3) is 0 Å². The third-order valence-electron chi connectivity index (χ3n) is 3.73. The van der Waals surface area contributed by atoms with E-state index in [1.165, 1.54) is 6.92 Å². The van der Waals surface area contributed by atoms with Crippen LogP contribution in [0.15, 0.2) is 0 Å². The third-order valence-corrected chi connectivity index (χ3v) is 4.38. The quantitative estimate of drug-likeness (QED) is 0.167. The summed E-state index contributed by atoms with van der Waals surface area (Å²) in [6.45, 7) is 12.7.